The van der Waals surface area contributed by atoms with E-state index in [1.807, 2.05) is 50.4 Å². The van der Waals surface area contributed by atoms with Gasteiger partial charge in [0.05, 0.1) is 0 Å². The first kappa shape index (κ1) is 10.4. The zero-order valence-corrected chi connectivity index (χ0v) is 8.67. The van der Waals surface area contributed by atoms with Gasteiger partial charge in [-0.3, -0.25) is 0 Å². The summed E-state index contributed by atoms with van der Waals surface area (Å²) in [5, 5.41) is 6.24. The number of para-hydroxylation sites is 1. The summed E-state index contributed by atoms with van der Waals surface area (Å²) in [5.74, 6) is 0. The van der Waals surface area contributed by atoms with Crippen LogP contribution in [-0.4, -0.2) is 7.05 Å². The summed E-state index contributed by atoms with van der Waals surface area (Å²) >= 11 is 0. The molecule has 74 valence electrons. The third-order valence-corrected chi connectivity index (χ3v) is 1.83. The van der Waals surface area contributed by atoms with E-state index >= 15 is 0 Å². The molecule has 0 saturated heterocycles. The smallest absolute Gasteiger partial charge is 0.0381 e. The Morgan fingerprint density at radius 2 is 1.93 bits per heavy atom. The maximum Gasteiger partial charge on any atom is 0.0381 e. The molecule has 1 aromatic carbocycles. The molecule has 1 rings (SSSR count). The highest BCUT2D eigenvalue weighted by atomic mass is 14.9. The van der Waals surface area contributed by atoms with Crippen molar-refractivity contribution in [1.29, 1.82) is 0 Å². The van der Waals surface area contributed by atoms with Gasteiger partial charge in [-0.25, -0.2) is 0 Å². The molecule has 0 amide bonds. The molecule has 2 nitrogen and oxygen atoms in total. The van der Waals surface area contributed by atoms with E-state index in [4.69, 9.17) is 0 Å². The molecule has 14 heavy (non-hydrogen) atoms. The fraction of sp³-hybridized carbons (Fsp3) is 0.167. The Bertz CT molecular complexity index is 325. The molecule has 0 aliphatic rings. The maximum atomic E-state index is 3.83. The van der Waals surface area contributed by atoms with Gasteiger partial charge in [0.2, 0.25) is 0 Å². The summed E-state index contributed by atoms with van der Waals surface area (Å²) in [7, 11) is 1.86. The molecule has 0 saturated carbocycles. The van der Waals surface area contributed by atoms with Crippen LogP contribution in [0.5, 0.6) is 0 Å². The summed E-state index contributed by atoms with van der Waals surface area (Å²) in [6.07, 6.45) is 1.97. The second-order valence-corrected chi connectivity index (χ2v) is 3.09. The number of likely N-dealkylation sites (N-methyl/N-ethyl adjacent to an activating group) is 1. The second-order valence-electron chi connectivity index (χ2n) is 3.09. The number of nitrogens with one attached hydrogen (secondary N) is 2. The van der Waals surface area contributed by atoms with E-state index in [0.29, 0.717) is 0 Å². The SMILES string of the molecule is C=C(/C=C(\C)Nc1ccccc1)NC. The molecule has 0 spiro atoms. The molecule has 0 aliphatic heterocycles. The third-order valence-electron chi connectivity index (χ3n) is 1.83. The van der Waals surface area contributed by atoms with Gasteiger partial charge in [-0.15, -0.1) is 0 Å². The molecule has 0 aliphatic carbocycles. The maximum absolute atomic E-state index is 3.83. The summed E-state index contributed by atoms with van der Waals surface area (Å²) in [6, 6.07) is 10.1. The van der Waals surface area contributed by atoms with Gasteiger partial charge >= 0.3 is 0 Å². The number of hydrogen-bond donors (Lipinski definition) is 2. The number of hydrogen-bond acceptors (Lipinski definition) is 2. The molecular formula is C12H16N2. The van der Waals surface area contributed by atoms with Crippen molar-refractivity contribution in [1.82, 2.24) is 5.32 Å². The van der Waals surface area contributed by atoms with E-state index < -0.39 is 0 Å². The van der Waals surface area contributed by atoms with Gasteiger partial charge in [-0.2, -0.15) is 0 Å². The van der Waals surface area contributed by atoms with Crippen LogP contribution in [0.4, 0.5) is 5.69 Å². The van der Waals surface area contributed by atoms with Crippen LogP contribution >= 0.6 is 0 Å². The molecule has 2 heteroatoms. The molecule has 1 aromatic rings. The average Bonchev–Trinajstić information content (AvgIpc) is 2.19. The molecule has 0 aromatic heterocycles. The van der Waals surface area contributed by atoms with Crippen LogP contribution in [-0.2, 0) is 0 Å². The zero-order chi connectivity index (χ0) is 10.4. The lowest BCUT2D eigenvalue weighted by molar-refractivity contribution is 1.03. The molecule has 0 heterocycles. The predicted molar refractivity (Wildman–Crippen MR) is 62.0 cm³/mol. The Labute approximate surface area is 85.3 Å². The Balaban J connectivity index is 2.61. The van der Waals surface area contributed by atoms with Crippen molar-refractivity contribution in [2.75, 3.05) is 12.4 Å². The average molecular weight is 188 g/mol. The van der Waals surface area contributed by atoms with E-state index in [1.54, 1.807) is 0 Å². The summed E-state index contributed by atoms with van der Waals surface area (Å²) in [5.41, 5.74) is 3.05. The van der Waals surface area contributed by atoms with E-state index in [-0.39, 0.29) is 0 Å². The first-order chi connectivity index (χ1) is 6.72. The third kappa shape index (κ3) is 3.35. The van der Waals surface area contributed by atoms with Crippen LogP contribution in [0.2, 0.25) is 0 Å². The quantitative estimate of drug-likeness (QED) is 0.710. The number of rotatable bonds is 4. The molecule has 0 radical (unpaired) electrons. The predicted octanol–water partition coefficient (Wildman–Crippen LogP) is 2.74. The van der Waals surface area contributed by atoms with E-state index in [2.05, 4.69) is 17.2 Å². The molecule has 0 atom stereocenters. The standard InChI is InChI=1S/C12H16N2/c1-10(13-3)9-11(2)14-12-7-5-4-6-8-12/h4-9,13-14H,1H2,2-3H3/b11-9+. The fourth-order valence-electron chi connectivity index (χ4n) is 1.12. The van der Waals surface area contributed by atoms with Gasteiger partial charge in [-0.1, -0.05) is 24.8 Å². The number of allylic oxidation sites excluding steroid dienone is 2. The van der Waals surface area contributed by atoms with Gasteiger partial charge in [0.1, 0.15) is 0 Å². The summed E-state index contributed by atoms with van der Waals surface area (Å²) in [4.78, 5) is 0. The molecule has 0 fully saturated rings. The minimum absolute atomic E-state index is 0.894. The van der Waals surface area contributed by atoms with Gasteiger partial charge in [-0.05, 0) is 25.1 Å². The minimum Gasteiger partial charge on any atom is -0.389 e. The Morgan fingerprint density at radius 3 is 2.50 bits per heavy atom. The largest absolute Gasteiger partial charge is 0.389 e. The first-order valence-corrected chi connectivity index (χ1v) is 4.59. The lowest BCUT2D eigenvalue weighted by Gasteiger charge is -2.07. The van der Waals surface area contributed by atoms with Gasteiger partial charge in [0, 0.05) is 24.1 Å². The highest BCUT2D eigenvalue weighted by molar-refractivity contribution is 5.48. The van der Waals surface area contributed by atoms with Crippen LogP contribution in [0.15, 0.2) is 54.4 Å². The minimum atomic E-state index is 0.894. The van der Waals surface area contributed by atoms with E-state index in [1.165, 1.54) is 0 Å². The normalized spacial score (nSPS) is 10.9. The van der Waals surface area contributed by atoms with Crippen molar-refractivity contribution in [3.8, 4) is 0 Å². The number of anilines is 1. The van der Waals surface area contributed by atoms with E-state index in [9.17, 15) is 0 Å². The zero-order valence-electron chi connectivity index (χ0n) is 8.67. The number of benzene rings is 1. The Hall–Kier alpha value is -1.70. The molecule has 2 N–H and O–H groups in total. The fourth-order valence-corrected chi connectivity index (χ4v) is 1.12. The molecule has 0 unspecified atom stereocenters. The summed E-state index contributed by atoms with van der Waals surface area (Å²) in [6.45, 7) is 5.84. The Morgan fingerprint density at radius 1 is 1.29 bits per heavy atom. The van der Waals surface area contributed by atoms with Crippen LogP contribution in [0.3, 0.4) is 0 Å². The molecule has 0 bridgehead atoms. The first-order valence-electron chi connectivity index (χ1n) is 4.59. The van der Waals surface area contributed by atoms with Crippen molar-refractivity contribution in [3.63, 3.8) is 0 Å². The van der Waals surface area contributed by atoms with Gasteiger partial charge < -0.3 is 10.6 Å². The van der Waals surface area contributed by atoms with Gasteiger partial charge in [0.15, 0.2) is 0 Å². The topological polar surface area (TPSA) is 24.1 Å². The highest BCUT2D eigenvalue weighted by Gasteiger charge is 1.91. The van der Waals surface area contributed by atoms with Crippen molar-refractivity contribution >= 4 is 5.69 Å². The van der Waals surface area contributed by atoms with Crippen molar-refractivity contribution in [3.05, 3.63) is 54.4 Å². The lowest BCUT2D eigenvalue weighted by atomic mass is 10.3. The molecular weight excluding hydrogens is 172 g/mol. The van der Waals surface area contributed by atoms with E-state index in [0.717, 1.165) is 17.1 Å². The lowest BCUT2D eigenvalue weighted by Crippen LogP contribution is -2.04. The van der Waals surface area contributed by atoms with Crippen LogP contribution in [0, 0.1) is 0 Å². The van der Waals surface area contributed by atoms with Crippen molar-refractivity contribution < 1.29 is 0 Å². The summed E-state index contributed by atoms with van der Waals surface area (Å²) < 4.78 is 0. The van der Waals surface area contributed by atoms with Crippen LogP contribution in [0.1, 0.15) is 6.92 Å². The monoisotopic (exact) mass is 188 g/mol. The van der Waals surface area contributed by atoms with Crippen LogP contribution < -0.4 is 10.6 Å². The highest BCUT2D eigenvalue weighted by Crippen LogP contribution is 2.08. The second kappa shape index (κ2) is 5.12. The Kier molecular flexibility index (Phi) is 3.80. The van der Waals surface area contributed by atoms with Crippen molar-refractivity contribution in [2.45, 2.75) is 6.92 Å². The van der Waals surface area contributed by atoms with Crippen molar-refractivity contribution in [2.24, 2.45) is 0 Å². The van der Waals surface area contributed by atoms with Crippen LogP contribution in [0.25, 0.3) is 0 Å². The van der Waals surface area contributed by atoms with Gasteiger partial charge in [0.25, 0.3) is 0 Å².